The first-order chi connectivity index (χ1) is 12.7. The maximum Gasteiger partial charge on any atom is 0.325 e. The Morgan fingerprint density at radius 3 is 2.48 bits per heavy atom. The van der Waals surface area contributed by atoms with Gasteiger partial charge in [-0.15, -0.1) is 0 Å². The number of rotatable bonds is 4. The van der Waals surface area contributed by atoms with Gasteiger partial charge in [0.2, 0.25) is 5.91 Å². The molecule has 1 fully saturated rings. The van der Waals surface area contributed by atoms with Gasteiger partial charge < -0.3 is 10.6 Å². The lowest BCUT2D eigenvalue weighted by molar-refractivity contribution is -0.133. The Kier molecular flexibility index (Phi) is 5.08. The summed E-state index contributed by atoms with van der Waals surface area (Å²) in [5.74, 6) is -1.81. The zero-order valence-electron chi connectivity index (χ0n) is 14.1. The van der Waals surface area contributed by atoms with Crippen LogP contribution in [0, 0.1) is 5.82 Å². The van der Waals surface area contributed by atoms with Gasteiger partial charge in [-0.2, -0.15) is 0 Å². The van der Waals surface area contributed by atoms with E-state index in [1.807, 2.05) is 0 Å². The lowest BCUT2D eigenvalue weighted by Gasteiger charge is -2.22. The van der Waals surface area contributed by atoms with Crippen LogP contribution in [0.2, 0.25) is 10.0 Å². The zero-order valence-corrected chi connectivity index (χ0v) is 15.6. The van der Waals surface area contributed by atoms with Crippen LogP contribution >= 0.6 is 23.2 Å². The molecule has 2 aromatic carbocycles. The number of urea groups is 1. The average molecular weight is 410 g/mol. The fourth-order valence-corrected chi connectivity index (χ4v) is 3.04. The molecule has 0 bridgehead atoms. The molecule has 3 rings (SSSR count). The van der Waals surface area contributed by atoms with E-state index < -0.39 is 35.7 Å². The minimum Gasteiger partial charge on any atom is -0.324 e. The van der Waals surface area contributed by atoms with Crippen molar-refractivity contribution >= 4 is 46.7 Å². The van der Waals surface area contributed by atoms with Crippen molar-refractivity contribution in [2.24, 2.45) is 0 Å². The van der Waals surface area contributed by atoms with Crippen molar-refractivity contribution in [1.29, 1.82) is 0 Å². The molecule has 6 nitrogen and oxygen atoms in total. The number of amides is 4. The summed E-state index contributed by atoms with van der Waals surface area (Å²) >= 11 is 11.5. The highest BCUT2D eigenvalue weighted by Crippen LogP contribution is 2.29. The third-order valence-corrected chi connectivity index (χ3v) is 4.74. The Morgan fingerprint density at radius 1 is 1.19 bits per heavy atom. The van der Waals surface area contributed by atoms with Crippen LogP contribution in [0.5, 0.6) is 0 Å². The van der Waals surface area contributed by atoms with E-state index in [2.05, 4.69) is 10.6 Å². The average Bonchev–Trinajstić information content (AvgIpc) is 2.83. The van der Waals surface area contributed by atoms with Crippen LogP contribution in [0.15, 0.2) is 42.5 Å². The molecule has 140 valence electrons. The fraction of sp³-hybridized carbons (Fsp3) is 0.167. The molecular weight excluding hydrogens is 396 g/mol. The summed E-state index contributed by atoms with van der Waals surface area (Å²) in [6, 6.07) is 9.44. The number of anilines is 1. The largest absolute Gasteiger partial charge is 0.325 e. The summed E-state index contributed by atoms with van der Waals surface area (Å²) in [4.78, 5) is 38.0. The number of hydrogen-bond acceptors (Lipinski definition) is 3. The molecule has 2 N–H and O–H groups in total. The number of nitrogens with zero attached hydrogens (tertiary/aromatic N) is 1. The van der Waals surface area contributed by atoms with Crippen molar-refractivity contribution in [2.45, 2.75) is 12.5 Å². The van der Waals surface area contributed by atoms with Crippen molar-refractivity contribution in [3.8, 4) is 0 Å². The summed E-state index contributed by atoms with van der Waals surface area (Å²) in [6.07, 6.45) is 0. The monoisotopic (exact) mass is 409 g/mol. The van der Waals surface area contributed by atoms with Crippen molar-refractivity contribution in [1.82, 2.24) is 10.2 Å². The first-order valence-corrected chi connectivity index (χ1v) is 8.61. The minimum atomic E-state index is -1.30. The van der Waals surface area contributed by atoms with Crippen LogP contribution in [-0.4, -0.2) is 29.3 Å². The number of hydrogen-bond donors (Lipinski definition) is 2. The second kappa shape index (κ2) is 7.17. The van der Waals surface area contributed by atoms with E-state index in [0.29, 0.717) is 10.6 Å². The quantitative estimate of drug-likeness (QED) is 0.757. The highest BCUT2D eigenvalue weighted by Gasteiger charge is 2.49. The van der Waals surface area contributed by atoms with Crippen LogP contribution in [0.3, 0.4) is 0 Å². The molecule has 1 saturated heterocycles. The Morgan fingerprint density at radius 2 is 1.85 bits per heavy atom. The maximum atomic E-state index is 13.2. The summed E-state index contributed by atoms with van der Waals surface area (Å²) in [5, 5.41) is 5.41. The Labute approximate surface area is 164 Å². The topological polar surface area (TPSA) is 78.5 Å². The molecule has 1 aliphatic heterocycles. The number of benzene rings is 2. The Hall–Kier alpha value is -2.64. The van der Waals surface area contributed by atoms with E-state index in [1.165, 1.54) is 12.1 Å². The lowest BCUT2D eigenvalue weighted by atomic mass is 9.92. The number of carbonyl (C=O) groups excluding carboxylic acids is 3. The normalized spacial score (nSPS) is 19.2. The van der Waals surface area contributed by atoms with E-state index in [-0.39, 0.29) is 10.7 Å². The predicted molar refractivity (Wildman–Crippen MR) is 99.1 cm³/mol. The van der Waals surface area contributed by atoms with Crippen molar-refractivity contribution in [3.63, 3.8) is 0 Å². The molecule has 2 aromatic rings. The van der Waals surface area contributed by atoms with E-state index in [9.17, 15) is 18.8 Å². The summed E-state index contributed by atoms with van der Waals surface area (Å²) in [5.41, 5.74) is -0.515. The molecule has 27 heavy (non-hydrogen) atoms. The van der Waals surface area contributed by atoms with Crippen LogP contribution < -0.4 is 10.6 Å². The van der Waals surface area contributed by atoms with Crippen LogP contribution in [0.25, 0.3) is 0 Å². The summed E-state index contributed by atoms with van der Waals surface area (Å²) in [6.45, 7) is 1.05. The zero-order chi connectivity index (χ0) is 19.8. The molecule has 0 aliphatic carbocycles. The van der Waals surface area contributed by atoms with Gasteiger partial charge >= 0.3 is 6.03 Å². The van der Waals surface area contributed by atoms with Crippen LogP contribution in [0.1, 0.15) is 12.5 Å². The smallest absolute Gasteiger partial charge is 0.324 e. The third kappa shape index (κ3) is 3.74. The van der Waals surface area contributed by atoms with Gasteiger partial charge in [0.05, 0.1) is 5.02 Å². The molecule has 1 aliphatic rings. The van der Waals surface area contributed by atoms with E-state index in [1.54, 1.807) is 31.2 Å². The van der Waals surface area contributed by atoms with Crippen molar-refractivity contribution in [3.05, 3.63) is 63.9 Å². The van der Waals surface area contributed by atoms with E-state index in [4.69, 9.17) is 23.2 Å². The first kappa shape index (κ1) is 19.1. The number of nitrogens with one attached hydrogen (secondary N) is 2. The predicted octanol–water partition coefficient (Wildman–Crippen LogP) is 3.54. The number of carbonyl (C=O) groups is 3. The van der Waals surface area contributed by atoms with Gasteiger partial charge in [-0.1, -0.05) is 35.3 Å². The molecule has 9 heteroatoms. The molecular formula is C18H14Cl2FN3O3. The first-order valence-electron chi connectivity index (χ1n) is 7.86. The standard InChI is InChI=1S/C18H14Cl2FN3O3/c1-18(10-2-4-11(19)5-3-10)16(26)24(17(27)23-18)9-15(25)22-12-6-7-14(21)13(20)8-12/h2-8H,9H2,1H3,(H,22,25)(H,23,27). The maximum absolute atomic E-state index is 13.2. The molecule has 1 unspecified atom stereocenters. The molecule has 0 radical (unpaired) electrons. The lowest BCUT2D eigenvalue weighted by Crippen LogP contribution is -2.42. The Bertz CT molecular complexity index is 936. The number of halogens is 3. The molecule has 1 atom stereocenters. The van der Waals surface area contributed by atoms with Gasteiger partial charge in [-0.05, 0) is 42.8 Å². The second-order valence-corrected chi connectivity index (χ2v) is 6.97. The summed E-state index contributed by atoms with van der Waals surface area (Å²) < 4.78 is 13.2. The van der Waals surface area contributed by atoms with Crippen LogP contribution in [-0.2, 0) is 15.1 Å². The van der Waals surface area contributed by atoms with Crippen molar-refractivity contribution in [2.75, 3.05) is 11.9 Å². The van der Waals surface area contributed by atoms with Crippen LogP contribution in [0.4, 0.5) is 14.9 Å². The number of imide groups is 1. The highest BCUT2D eigenvalue weighted by atomic mass is 35.5. The SMILES string of the molecule is CC1(c2ccc(Cl)cc2)NC(=O)N(CC(=O)Nc2ccc(F)c(Cl)c2)C1=O. The molecule has 1 heterocycles. The van der Waals surface area contributed by atoms with Gasteiger partial charge in [-0.25, -0.2) is 9.18 Å². The second-order valence-electron chi connectivity index (χ2n) is 6.13. The Balaban J connectivity index is 1.74. The van der Waals surface area contributed by atoms with Gasteiger partial charge in [0, 0.05) is 10.7 Å². The summed E-state index contributed by atoms with van der Waals surface area (Å²) in [7, 11) is 0. The van der Waals surface area contributed by atoms with Gasteiger partial charge in [0.15, 0.2) is 0 Å². The third-order valence-electron chi connectivity index (χ3n) is 4.20. The van der Waals surface area contributed by atoms with Gasteiger partial charge in [0.1, 0.15) is 17.9 Å². The molecule has 0 saturated carbocycles. The fourth-order valence-electron chi connectivity index (χ4n) is 2.74. The molecule has 0 aromatic heterocycles. The van der Waals surface area contributed by atoms with Gasteiger partial charge in [-0.3, -0.25) is 14.5 Å². The van der Waals surface area contributed by atoms with E-state index in [0.717, 1.165) is 11.0 Å². The molecule has 4 amide bonds. The van der Waals surface area contributed by atoms with Gasteiger partial charge in [0.25, 0.3) is 5.91 Å². The van der Waals surface area contributed by atoms with E-state index >= 15 is 0 Å². The molecule has 0 spiro atoms. The highest BCUT2D eigenvalue weighted by molar-refractivity contribution is 6.31. The minimum absolute atomic E-state index is 0.155. The van der Waals surface area contributed by atoms with Crippen molar-refractivity contribution < 1.29 is 18.8 Å².